The Labute approximate surface area is 185 Å². The smallest absolute Gasteiger partial charge is 0.226 e. The monoisotopic (exact) mass is 438 g/mol. The number of sulfone groups is 1. The molecule has 0 aliphatic carbocycles. The number of aryl methyl sites for hydroxylation is 1. The summed E-state index contributed by atoms with van der Waals surface area (Å²) in [5.74, 6) is 1.65. The molecule has 164 valence electrons. The summed E-state index contributed by atoms with van der Waals surface area (Å²) in [6, 6.07) is 15.8. The molecule has 2 heterocycles. The van der Waals surface area contributed by atoms with Crippen molar-refractivity contribution in [1.82, 2.24) is 9.88 Å². The van der Waals surface area contributed by atoms with Gasteiger partial charge < -0.3 is 9.32 Å². The number of hydrogen-bond acceptors (Lipinski definition) is 5. The van der Waals surface area contributed by atoms with E-state index in [0.29, 0.717) is 16.8 Å². The van der Waals surface area contributed by atoms with Gasteiger partial charge in [-0.3, -0.25) is 0 Å². The van der Waals surface area contributed by atoms with E-state index in [4.69, 9.17) is 9.40 Å². The van der Waals surface area contributed by atoms with Gasteiger partial charge in [0.15, 0.2) is 9.84 Å². The molecule has 1 atom stereocenters. The van der Waals surface area contributed by atoms with Crippen molar-refractivity contribution < 1.29 is 12.8 Å². The first kappa shape index (κ1) is 21.8. The average molecular weight is 439 g/mol. The number of rotatable bonds is 7. The van der Waals surface area contributed by atoms with Crippen LogP contribution in [0.2, 0.25) is 0 Å². The van der Waals surface area contributed by atoms with Crippen molar-refractivity contribution in [3.05, 3.63) is 60.0 Å². The van der Waals surface area contributed by atoms with Crippen LogP contribution >= 0.6 is 0 Å². The SMILES string of the molecule is CCS(=O)(=O)c1ccc(-c2ccc(-c3nc(CCN4CCCC4C)c(C)o3)cc2)cc1. The molecular formula is C25H30N2O3S. The van der Waals surface area contributed by atoms with Gasteiger partial charge in [0.25, 0.3) is 0 Å². The molecule has 1 aliphatic rings. The second kappa shape index (κ2) is 8.97. The van der Waals surface area contributed by atoms with Gasteiger partial charge >= 0.3 is 0 Å². The van der Waals surface area contributed by atoms with E-state index in [2.05, 4.69) is 11.8 Å². The minimum atomic E-state index is -3.18. The van der Waals surface area contributed by atoms with Crippen molar-refractivity contribution in [3.8, 4) is 22.6 Å². The normalized spacial score (nSPS) is 17.3. The third-order valence-electron chi connectivity index (χ3n) is 6.28. The van der Waals surface area contributed by atoms with Crippen molar-refractivity contribution >= 4 is 9.84 Å². The van der Waals surface area contributed by atoms with Gasteiger partial charge in [0.2, 0.25) is 5.89 Å². The number of aromatic nitrogens is 1. The first-order valence-corrected chi connectivity index (χ1v) is 12.7. The molecule has 0 spiro atoms. The molecule has 31 heavy (non-hydrogen) atoms. The van der Waals surface area contributed by atoms with E-state index in [1.165, 1.54) is 19.4 Å². The first-order chi connectivity index (χ1) is 14.9. The van der Waals surface area contributed by atoms with Crippen LogP contribution in [0.4, 0.5) is 0 Å². The Morgan fingerprint density at radius 3 is 2.23 bits per heavy atom. The molecule has 1 saturated heterocycles. The summed E-state index contributed by atoms with van der Waals surface area (Å²) in [6.45, 7) is 8.14. The van der Waals surface area contributed by atoms with Crippen molar-refractivity contribution in [2.45, 2.75) is 51.0 Å². The predicted octanol–water partition coefficient (Wildman–Crippen LogP) is 5.14. The Morgan fingerprint density at radius 1 is 1.03 bits per heavy atom. The highest BCUT2D eigenvalue weighted by Gasteiger charge is 2.21. The molecule has 1 aliphatic heterocycles. The van der Waals surface area contributed by atoms with Crippen LogP contribution in [0, 0.1) is 6.92 Å². The Balaban J connectivity index is 1.47. The van der Waals surface area contributed by atoms with Crippen LogP contribution in [0.25, 0.3) is 22.6 Å². The molecule has 0 saturated carbocycles. The molecule has 0 radical (unpaired) electrons. The Bertz CT molecular complexity index is 1130. The summed E-state index contributed by atoms with van der Waals surface area (Å²) >= 11 is 0. The van der Waals surface area contributed by atoms with Crippen LogP contribution in [-0.2, 0) is 16.3 Å². The third-order valence-corrected chi connectivity index (χ3v) is 8.03. The molecule has 0 N–H and O–H groups in total. The molecule has 0 bridgehead atoms. The average Bonchev–Trinajstić information content (AvgIpc) is 3.37. The molecule has 1 aromatic heterocycles. The molecule has 3 aromatic rings. The summed E-state index contributed by atoms with van der Waals surface area (Å²) in [5, 5.41) is 0. The summed E-state index contributed by atoms with van der Waals surface area (Å²) in [5.41, 5.74) is 3.98. The lowest BCUT2D eigenvalue weighted by atomic mass is 10.0. The van der Waals surface area contributed by atoms with Gasteiger partial charge in [-0.2, -0.15) is 0 Å². The Kier molecular flexibility index (Phi) is 6.30. The summed E-state index contributed by atoms with van der Waals surface area (Å²) in [6.07, 6.45) is 3.48. The molecule has 1 unspecified atom stereocenters. The second-order valence-electron chi connectivity index (χ2n) is 8.30. The zero-order chi connectivity index (χ0) is 22.0. The summed E-state index contributed by atoms with van der Waals surface area (Å²) in [7, 11) is -3.18. The van der Waals surface area contributed by atoms with Gasteiger partial charge in [-0.1, -0.05) is 31.2 Å². The van der Waals surface area contributed by atoms with E-state index < -0.39 is 9.84 Å². The maximum absolute atomic E-state index is 12.0. The topological polar surface area (TPSA) is 63.4 Å². The molecular weight excluding hydrogens is 408 g/mol. The van der Waals surface area contributed by atoms with Gasteiger partial charge in [-0.25, -0.2) is 13.4 Å². The van der Waals surface area contributed by atoms with Gasteiger partial charge in [-0.15, -0.1) is 0 Å². The largest absolute Gasteiger partial charge is 0.441 e. The standard InChI is InChI=1S/C25H30N2O3S/c1-4-31(28,29)23-13-11-21(12-14-23)20-7-9-22(10-8-20)25-26-24(19(3)30-25)15-17-27-16-5-6-18(27)2/h7-14,18H,4-6,15-17H2,1-3H3. The number of hydrogen-bond donors (Lipinski definition) is 0. The van der Waals surface area contributed by atoms with Gasteiger partial charge in [-0.05, 0) is 68.6 Å². The van der Waals surface area contributed by atoms with E-state index >= 15 is 0 Å². The fraction of sp³-hybridized carbons (Fsp3) is 0.400. The van der Waals surface area contributed by atoms with Gasteiger partial charge in [0.05, 0.1) is 16.3 Å². The second-order valence-corrected chi connectivity index (χ2v) is 10.6. The Hall–Kier alpha value is -2.44. The van der Waals surface area contributed by atoms with Gasteiger partial charge in [0.1, 0.15) is 5.76 Å². The van der Waals surface area contributed by atoms with E-state index in [1.807, 2.05) is 43.3 Å². The van der Waals surface area contributed by atoms with Gasteiger partial charge in [0, 0.05) is 24.6 Å². The zero-order valence-corrected chi connectivity index (χ0v) is 19.3. The highest BCUT2D eigenvalue weighted by atomic mass is 32.2. The molecule has 0 amide bonds. The molecule has 2 aromatic carbocycles. The molecule has 6 heteroatoms. The Morgan fingerprint density at radius 2 is 1.65 bits per heavy atom. The van der Waals surface area contributed by atoms with E-state index in [-0.39, 0.29) is 5.75 Å². The van der Waals surface area contributed by atoms with Crippen molar-refractivity contribution in [1.29, 1.82) is 0 Å². The lowest BCUT2D eigenvalue weighted by Gasteiger charge is -2.20. The fourth-order valence-corrected chi connectivity index (χ4v) is 5.07. The quantitative estimate of drug-likeness (QED) is 0.511. The minimum absolute atomic E-state index is 0.107. The van der Waals surface area contributed by atoms with E-state index in [1.54, 1.807) is 19.1 Å². The van der Waals surface area contributed by atoms with Crippen LogP contribution in [0.1, 0.15) is 38.1 Å². The van der Waals surface area contributed by atoms with Crippen molar-refractivity contribution in [2.24, 2.45) is 0 Å². The molecule has 1 fully saturated rings. The van der Waals surface area contributed by atoms with Crippen LogP contribution in [0.15, 0.2) is 57.8 Å². The van der Waals surface area contributed by atoms with Crippen LogP contribution in [0.5, 0.6) is 0 Å². The summed E-state index contributed by atoms with van der Waals surface area (Å²) < 4.78 is 30.0. The number of nitrogens with zero attached hydrogens (tertiary/aromatic N) is 2. The van der Waals surface area contributed by atoms with Crippen LogP contribution in [0.3, 0.4) is 0 Å². The lowest BCUT2D eigenvalue weighted by molar-refractivity contribution is 0.271. The van der Waals surface area contributed by atoms with Crippen LogP contribution in [-0.4, -0.2) is 43.2 Å². The molecule has 5 nitrogen and oxygen atoms in total. The number of benzene rings is 2. The summed E-state index contributed by atoms with van der Waals surface area (Å²) in [4.78, 5) is 7.65. The van der Waals surface area contributed by atoms with Crippen molar-refractivity contribution in [3.63, 3.8) is 0 Å². The first-order valence-electron chi connectivity index (χ1n) is 11.0. The lowest BCUT2D eigenvalue weighted by Crippen LogP contribution is -2.29. The maximum Gasteiger partial charge on any atom is 0.226 e. The van der Waals surface area contributed by atoms with Crippen molar-refractivity contribution in [2.75, 3.05) is 18.8 Å². The number of likely N-dealkylation sites (tertiary alicyclic amines) is 1. The highest BCUT2D eigenvalue weighted by Crippen LogP contribution is 2.27. The predicted molar refractivity (Wildman–Crippen MR) is 124 cm³/mol. The third kappa shape index (κ3) is 4.75. The van der Waals surface area contributed by atoms with E-state index in [0.717, 1.165) is 41.1 Å². The van der Waals surface area contributed by atoms with E-state index in [9.17, 15) is 8.42 Å². The zero-order valence-electron chi connectivity index (χ0n) is 18.5. The highest BCUT2D eigenvalue weighted by molar-refractivity contribution is 7.91. The fourth-order valence-electron chi connectivity index (χ4n) is 4.18. The maximum atomic E-state index is 12.0. The molecule has 4 rings (SSSR count). The van der Waals surface area contributed by atoms with Crippen LogP contribution < -0.4 is 0 Å². The minimum Gasteiger partial charge on any atom is -0.441 e. The number of oxazole rings is 1.